The summed E-state index contributed by atoms with van der Waals surface area (Å²) in [7, 11) is 0. The number of nitrogen functional groups attached to an aromatic ring is 1. The summed E-state index contributed by atoms with van der Waals surface area (Å²) in [6, 6.07) is 5.55. The molecule has 5 N–H and O–H groups in total. The number of benzene rings is 1. The van der Waals surface area contributed by atoms with Crippen LogP contribution in [-0.4, -0.2) is 53.9 Å². The van der Waals surface area contributed by atoms with Gasteiger partial charge in [-0.05, 0) is 44.4 Å². The molecule has 32 heavy (non-hydrogen) atoms. The van der Waals surface area contributed by atoms with Crippen LogP contribution in [0, 0.1) is 0 Å². The summed E-state index contributed by atoms with van der Waals surface area (Å²) in [6.45, 7) is 5.03. The second-order valence-electron chi connectivity index (χ2n) is 6.41. The van der Waals surface area contributed by atoms with Crippen molar-refractivity contribution in [2.24, 2.45) is 5.73 Å². The molecule has 12 heteroatoms. The van der Waals surface area contributed by atoms with Crippen LogP contribution in [0.5, 0.6) is 5.75 Å². The predicted octanol–water partition coefficient (Wildman–Crippen LogP) is 0.938. The van der Waals surface area contributed by atoms with E-state index in [1.54, 1.807) is 38.1 Å². The van der Waals surface area contributed by atoms with Crippen molar-refractivity contribution in [3.05, 3.63) is 34.8 Å². The maximum Gasteiger partial charge on any atom is 0.325 e. The SMILES string of the molecule is CCOC(=O)CNC(=O)C(C)N(C(=O)c1snc(C(N)=O)c1N)c1ccccc1OCC. The number of esters is 1. The number of nitrogens with two attached hydrogens (primary N) is 2. The van der Waals surface area contributed by atoms with Gasteiger partial charge in [-0.2, -0.15) is 4.37 Å². The van der Waals surface area contributed by atoms with Crippen molar-refractivity contribution >= 4 is 46.6 Å². The Morgan fingerprint density at radius 1 is 1.19 bits per heavy atom. The average Bonchev–Trinajstić information content (AvgIpc) is 3.15. The van der Waals surface area contributed by atoms with E-state index in [0.29, 0.717) is 29.6 Å². The number of hydrogen-bond acceptors (Lipinski definition) is 9. The number of hydrogen-bond donors (Lipinski definition) is 3. The molecule has 1 unspecified atom stereocenters. The number of carbonyl (C=O) groups is 4. The highest BCUT2D eigenvalue weighted by Crippen LogP contribution is 2.33. The fraction of sp³-hybridized carbons (Fsp3) is 0.350. The number of ether oxygens (including phenoxy) is 2. The Morgan fingerprint density at radius 3 is 2.47 bits per heavy atom. The summed E-state index contributed by atoms with van der Waals surface area (Å²) in [5.74, 6) is -2.43. The topological polar surface area (TPSA) is 167 Å². The maximum absolute atomic E-state index is 13.5. The normalized spacial score (nSPS) is 11.3. The van der Waals surface area contributed by atoms with Gasteiger partial charge in [0.25, 0.3) is 11.8 Å². The molecule has 1 atom stereocenters. The Bertz CT molecular complexity index is 1010. The summed E-state index contributed by atoms with van der Waals surface area (Å²) in [5.41, 5.74) is 11.1. The number of amides is 3. The molecular formula is C20H25N5O6S. The maximum atomic E-state index is 13.5. The highest BCUT2D eigenvalue weighted by molar-refractivity contribution is 7.09. The van der Waals surface area contributed by atoms with Gasteiger partial charge < -0.3 is 26.3 Å². The molecule has 172 valence electrons. The zero-order chi connectivity index (χ0) is 23.8. The van der Waals surface area contributed by atoms with Crippen LogP contribution in [0.3, 0.4) is 0 Å². The van der Waals surface area contributed by atoms with Crippen LogP contribution < -0.4 is 26.4 Å². The van der Waals surface area contributed by atoms with Crippen LogP contribution in [0.2, 0.25) is 0 Å². The lowest BCUT2D eigenvalue weighted by molar-refractivity contribution is -0.143. The van der Waals surface area contributed by atoms with Crippen LogP contribution in [0.25, 0.3) is 0 Å². The summed E-state index contributed by atoms with van der Waals surface area (Å²) in [5, 5.41) is 2.45. The van der Waals surface area contributed by atoms with Crippen LogP contribution >= 0.6 is 11.5 Å². The average molecular weight is 464 g/mol. The first kappa shape index (κ1) is 24.6. The van der Waals surface area contributed by atoms with Gasteiger partial charge in [-0.15, -0.1) is 0 Å². The molecule has 0 spiro atoms. The molecule has 3 amide bonds. The van der Waals surface area contributed by atoms with E-state index in [1.165, 1.54) is 11.8 Å². The highest BCUT2D eigenvalue weighted by Gasteiger charge is 2.33. The van der Waals surface area contributed by atoms with E-state index < -0.39 is 29.7 Å². The summed E-state index contributed by atoms with van der Waals surface area (Å²) in [6.07, 6.45) is 0. The van der Waals surface area contributed by atoms with E-state index in [4.69, 9.17) is 20.9 Å². The molecule has 0 saturated heterocycles. The first-order chi connectivity index (χ1) is 15.2. The molecule has 0 aliphatic heterocycles. The van der Waals surface area contributed by atoms with Gasteiger partial charge in [-0.1, -0.05) is 12.1 Å². The molecule has 11 nitrogen and oxygen atoms in total. The predicted molar refractivity (Wildman–Crippen MR) is 119 cm³/mol. The minimum Gasteiger partial charge on any atom is -0.492 e. The second-order valence-corrected chi connectivity index (χ2v) is 7.19. The number of nitrogens with one attached hydrogen (secondary N) is 1. The van der Waals surface area contributed by atoms with Crippen LogP contribution in [0.15, 0.2) is 24.3 Å². The lowest BCUT2D eigenvalue weighted by atomic mass is 10.1. The smallest absolute Gasteiger partial charge is 0.325 e. The van der Waals surface area contributed by atoms with Gasteiger partial charge in [-0.3, -0.25) is 24.1 Å². The third-order valence-electron chi connectivity index (χ3n) is 4.28. The molecule has 1 aromatic heterocycles. The largest absolute Gasteiger partial charge is 0.492 e. The molecule has 1 aromatic carbocycles. The molecule has 2 aromatic rings. The Kier molecular flexibility index (Phi) is 8.53. The first-order valence-corrected chi connectivity index (χ1v) is 10.5. The van der Waals surface area contributed by atoms with E-state index >= 15 is 0 Å². The van der Waals surface area contributed by atoms with Crippen molar-refractivity contribution in [3.8, 4) is 5.75 Å². The Hall–Kier alpha value is -3.67. The molecule has 0 aliphatic carbocycles. The molecule has 0 bridgehead atoms. The first-order valence-electron chi connectivity index (χ1n) is 9.76. The summed E-state index contributed by atoms with van der Waals surface area (Å²) >= 11 is 0.695. The molecule has 1 heterocycles. The lowest BCUT2D eigenvalue weighted by Gasteiger charge is -2.29. The second kappa shape index (κ2) is 11.1. The van der Waals surface area contributed by atoms with Crippen molar-refractivity contribution in [1.29, 1.82) is 0 Å². The monoisotopic (exact) mass is 463 g/mol. The van der Waals surface area contributed by atoms with Crippen molar-refractivity contribution < 1.29 is 28.7 Å². The number of rotatable bonds is 10. The number of para-hydroxylation sites is 2. The lowest BCUT2D eigenvalue weighted by Crippen LogP contribution is -2.49. The standard InChI is InChI=1S/C20H25N5O6S/c1-4-30-13-9-7-6-8-12(13)25(11(3)19(28)23-10-14(26)31-5-2)20(29)17-15(21)16(18(22)27)24-32-17/h6-9,11H,4-5,10,21H2,1-3H3,(H2,22,27)(H,23,28). The number of carbonyl (C=O) groups excluding carboxylic acids is 4. The number of aromatic nitrogens is 1. The number of primary amides is 1. The zero-order valence-corrected chi connectivity index (χ0v) is 18.7. The Balaban J connectivity index is 2.46. The van der Waals surface area contributed by atoms with Crippen molar-refractivity contribution in [3.63, 3.8) is 0 Å². The van der Waals surface area contributed by atoms with Crippen molar-refractivity contribution in [1.82, 2.24) is 9.69 Å². The van der Waals surface area contributed by atoms with Crippen molar-refractivity contribution in [2.45, 2.75) is 26.8 Å². The number of anilines is 2. The van der Waals surface area contributed by atoms with Crippen LogP contribution in [0.1, 0.15) is 40.9 Å². The minimum atomic E-state index is -1.09. The summed E-state index contributed by atoms with van der Waals surface area (Å²) < 4.78 is 14.3. The quantitative estimate of drug-likeness (QED) is 0.438. The molecule has 2 rings (SSSR count). The Morgan fingerprint density at radius 2 is 1.88 bits per heavy atom. The molecule has 0 saturated carbocycles. The molecule has 0 aliphatic rings. The van der Waals surface area contributed by atoms with Crippen molar-refractivity contribution in [2.75, 3.05) is 30.4 Å². The van der Waals surface area contributed by atoms with Gasteiger partial charge in [0.1, 0.15) is 23.2 Å². The van der Waals surface area contributed by atoms with E-state index in [2.05, 4.69) is 9.69 Å². The fourth-order valence-corrected chi connectivity index (χ4v) is 3.54. The van der Waals surface area contributed by atoms with E-state index in [0.717, 1.165) is 0 Å². The van der Waals surface area contributed by atoms with Gasteiger partial charge in [0.15, 0.2) is 5.69 Å². The molecule has 0 fully saturated rings. The third kappa shape index (κ3) is 5.52. The van der Waals surface area contributed by atoms with Gasteiger partial charge >= 0.3 is 5.97 Å². The fourth-order valence-electron chi connectivity index (χ4n) is 2.80. The molecule has 0 radical (unpaired) electrons. The minimum absolute atomic E-state index is 0.0601. The van der Waals surface area contributed by atoms with Gasteiger partial charge in [0.2, 0.25) is 5.91 Å². The van der Waals surface area contributed by atoms with Gasteiger partial charge in [0.05, 0.1) is 24.6 Å². The van der Waals surface area contributed by atoms with Crippen LogP contribution in [-0.2, 0) is 14.3 Å². The van der Waals surface area contributed by atoms with Gasteiger partial charge in [0, 0.05) is 0 Å². The van der Waals surface area contributed by atoms with E-state index in [-0.39, 0.29) is 29.4 Å². The van der Waals surface area contributed by atoms with E-state index in [9.17, 15) is 19.2 Å². The van der Waals surface area contributed by atoms with Gasteiger partial charge in [-0.25, -0.2) is 0 Å². The summed E-state index contributed by atoms with van der Waals surface area (Å²) in [4.78, 5) is 50.5. The third-order valence-corrected chi connectivity index (χ3v) is 5.13. The van der Waals surface area contributed by atoms with E-state index in [1.807, 2.05) is 0 Å². The molecular weight excluding hydrogens is 438 g/mol. The Labute approximate surface area is 188 Å². The number of nitrogens with zero attached hydrogens (tertiary/aromatic N) is 2. The van der Waals surface area contributed by atoms with Crippen LogP contribution in [0.4, 0.5) is 11.4 Å². The zero-order valence-electron chi connectivity index (χ0n) is 17.9. The highest BCUT2D eigenvalue weighted by atomic mass is 32.1.